The van der Waals surface area contributed by atoms with E-state index >= 15 is 0 Å². The van der Waals surface area contributed by atoms with E-state index in [0.29, 0.717) is 17.1 Å². The van der Waals surface area contributed by atoms with Crippen molar-refractivity contribution in [3.05, 3.63) is 23.8 Å². The summed E-state index contributed by atoms with van der Waals surface area (Å²) in [6.07, 6.45) is 0. The van der Waals surface area contributed by atoms with E-state index in [4.69, 9.17) is 5.73 Å². The molecule has 0 saturated carbocycles. The first-order chi connectivity index (χ1) is 7.97. The van der Waals surface area contributed by atoms with Gasteiger partial charge in [-0.3, -0.25) is 9.00 Å². The molecular weight excluding hydrogens is 236 g/mol. The monoisotopic (exact) mass is 254 g/mol. The molecule has 0 heterocycles. The maximum atomic E-state index is 12.0. The predicted molar refractivity (Wildman–Crippen MR) is 70.2 cm³/mol. The first-order valence-corrected chi connectivity index (χ1v) is 6.76. The van der Waals surface area contributed by atoms with Gasteiger partial charge in [0.15, 0.2) is 0 Å². The van der Waals surface area contributed by atoms with Crippen LogP contribution in [0, 0.1) is 6.92 Å². The first-order valence-electron chi connectivity index (χ1n) is 5.44. The van der Waals surface area contributed by atoms with Crippen molar-refractivity contribution in [2.75, 3.05) is 25.1 Å². The summed E-state index contributed by atoms with van der Waals surface area (Å²) in [5.41, 5.74) is 7.24. The van der Waals surface area contributed by atoms with Crippen molar-refractivity contribution in [1.29, 1.82) is 0 Å². The van der Waals surface area contributed by atoms with Crippen molar-refractivity contribution >= 4 is 22.4 Å². The third-order valence-corrected chi connectivity index (χ3v) is 4.04. The van der Waals surface area contributed by atoms with Gasteiger partial charge in [-0.25, -0.2) is 0 Å². The van der Waals surface area contributed by atoms with Crippen LogP contribution < -0.4 is 5.73 Å². The van der Waals surface area contributed by atoms with Crippen LogP contribution in [0.4, 0.5) is 5.69 Å². The number of carbonyl (C=O) groups excluding carboxylic acids is 1. The largest absolute Gasteiger partial charge is 0.398 e. The van der Waals surface area contributed by atoms with Gasteiger partial charge in [0.2, 0.25) is 5.91 Å². The van der Waals surface area contributed by atoms with Crippen molar-refractivity contribution in [3.63, 3.8) is 0 Å². The summed E-state index contributed by atoms with van der Waals surface area (Å²) in [7, 11) is 0.320. The molecule has 1 aromatic rings. The van der Waals surface area contributed by atoms with Crippen LogP contribution in [-0.2, 0) is 15.6 Å². The quantitative estimate of drug-likeness (QED) is 0.820. The fraction of sp³-hybridized carbons (Fsp3) is 0.417. The maximum absolute atomic E-state index is 12.0. The van der Waals surface area contributed by atoms with Gasteiger partial charge in [-0.15, -0.1) is 0 Å². The standard InChI is InChI=1S/C12H18N2O2S/c1-4-14(3)11(15)8-17(16)10-7-5-6-9(2)12(10)13/h5-7H,4,8,13H2,1-3H3. The number of carbonyl (C=O) groups is 1. The van der Waals surface area contributed by atoms with Crippen LogP contribution in [0.5, 0.6) is 0 Å². The molecule has 0 aliphatic heterocycles. The SMILES string of the molecule is CCN(C)C(=O)CS(=O)c1cccc(C)c1N. The van der Waals surface area contributed by atoms with Gasteiger partial charge in [-0.2, -0.15) is 0 Å². The van der Waals surface area contributed by atoms with E-state index in [2.05, 4.69) is 0 Å². The highest BCUT2D eigenvalue weighted by molar-refractivity contribution is 7.86. The number of nitrogen functional groups attached to an aromatic ring is 1. The van der Waals surface area contributed by atoms with Gasteiger partial charge in [0.1, 0.15) is 5.75 Å². The fourth-order valence-corrected chi connectivity index (χ4v) is 2.57. The summed E-state index contributed by atoms with van der Waals surface area (Å²) in [6.45, 7) is 4.34. The average Bonchev–Trinajstić information content (AvgIpc) is 2.31. The van der Waals surface area contributed by atoms with Crippen LogP contribution in [0.1, 0.15) is 12.5 Å². The Morgan fingerprint density at radius 3 is 2.71 bits per heavy atom. The maximum Gasteiger partial charge on any atom is 0.235 e. The zero-order chi connectivity index (χ0) is 13.0. The molecule has 94 valence electrons. The van der Waals surface area contributed by atoms with Gasteiger partial charge < -0.3 is 10.6 Å². The Labute approximate surface area is 104 Å². The van der Waals surface area contributed by atoms with Crippen LogP contribution in [0.2, 0.25) is 0 Å². The lowest BCUT2D eigenvalue weighted by Gasteiger charge is -2.14. The Balaban J connectivity index is 2.84. The van der Waals surface area contributed by atoms with Crippen molar-refractivity contribution < 1.29 is 9.00 Å². The van der Waals surface area contributed by atoms with E-state index < -0.39 is 10.8 Å². The summed E-state index contributed by atoms with van der Waals surface area (Å²) in [4.78, 5) is 13.7. The molecule has 0 aliphatic rings. The molecule has 0 fully saturated rings. The highest BCUT2D eigenvalue weighted by atomic mass is 32.2. The molecule has 1 rings (SSSR count). The molecule has 0 aromatic heterocycles. The first kappa shape index (κ1) is 13.7. The van der Waals surface area contributed by atoms with E-state index in [0.717, 1.165) is 5.56 Å². The topological polar surface area (TPSA) is 63.4 Å². The molecule has 1 amide bonds. The molecule has 1 aromatic carbocycles. The van der Waals surface area contributed by atoms with Crippen molar-refractivity contribution in [2.45, 2.75) is 18.7 Å². The van der Waals surface area contributed by atoms with Crippen molar-refractivity contribution in [3.8, 4) is 0 Å². The van der Waals surface area contributed by atoms with Crippen molar-refractivity contribution in [2.24, 2.45) is 0 Å². The molecule has 0 radical (unpaired) electrons. The predicted octanol–water partition coefficient (Wildman–Crippen LogP) is 1.16. The second-order valence-electron chi connectivity index (χ2n) is 3.88. The molecule has 0 saturated heterocycles. The number of anilines is 1. The van der Waals surface area contributed by atoms with Crippen LogP contribution in [0.25, 0.3) is 0 Å². The number of amides is 1. The summed E-state index contributed by atoms with van der Waals surface area (Å²) < 4.78 is 12.0. The third-order valence-electron chi connectivity index (χ3n) is 2.68. The van der Waals surface area contributed by atoms with Gasteiger partial charge in [0.25, 0.3) is 0 Å². The summed E-state index contributed by atoms with van der Waals surface area (Å²) >= 11 is 0. The van der Waals surface area contributed by atoms with Gasteiger partial charge >= 0.3 is 0 Å². The van der Waals surface area contributed by atoms with Gasteiger partial charge in [0.05, 0.1) is 21.4 Å². The van der Waals surface area contributed by atoms with Crippen LogP contribution in [0.3, 0.4) is 0 Å². The zero-order valence-corrected chi connectivity index (χ0v) is 11.2. The average molecular weight is 254 g/mol. The molecule has 5 heteroatoms. The minimum absolute atomic E-state index is 0.0159. The number of para-hydroxylation sites is 1. The van der Waals surface area contributed by atoms with Crippen LogP contribution >= 0.6 is 0 Å². The number of benzene rings is 1. The van der Waals surface area contributed by atoms with Gasteiger partial charge in [-0.1, -0.05) is 12.1 Å². The molecule has 2 N–H and O–H groups in total. The van der Waals surface area contributed by atoms with E-state index in [1.165, 1.54) is 0 Å². The van der Waals surface area contributed by atoms with Crippen LogP contribution in [-0.4, -0.2) is 34.4 Å². The Bertz CT molecular complexity index is 446. The highest BCUT2D eigenvalue weighted by Crippen LogP contribution is 2.20. The second-order valence-corrected chi connectivity index (χ2v) is 5.30. The lowest BCUT2D eigenvalue weighted by Crippen LogP contribution is -2.30. The van der Waals surface area contributed by atoms with E-state index in [1.54, 1.807) is 24.1 Å². The lowest BCUT2D eigenvalue weighted by atomic mass is 10.2. The Morgan fingerprint density at radius 1 is 1.47 bits per heavy atom. The molecule has 0 bridgehead atoms. The number of nitrogens with zero attached hydrogens (tertiary/aromatic N) is 1. The summed E-state index contributed by atoms with van der Waals surface area (Å²) in [5.74, 6) is -0.149. The minimum atomic E-state index is -1.37. The van der Waals surface area contributed by atoms with Gasteiger partial charge in [0, 0.05) is 13.6 Å². The number of rotatable bonds is 4. The minimum Gasteiger partial charge on any atom is -0.398 e. The smallest absolute Gasteiger partial charge is 0.235 e. The summed E-state index contributed by atoms with van der Waals surface area (Å²) in [5, 5.41) is 0. The normalized spacial score (nSPS) is 12.2. The Hall–Kier alpha value is -1.36. The number of hydrogen-bond donors (Lipinski definition) is 1. The fourth-order valence-electron chi connectivity index (χ4n) is 1.33. The molecule has 4 nitrogen and oxygen atoms in total. The molecule has 17 heavy (non-hydrogen) atoms. The highest BCUT2D eigenvalue weighted by Gasteiger charge is 2.15. The van der Waals surface area contributed by atoms with E-state index in [-0.39, 0.29) is 11.7 Å². The number of hydrogen-bond acceptors (Lipinski definition) is 3. The summed E-state index contributed by atoms with van der Waals surface area (Å²) in [6, 6.07) is 5.36. The number of aryl methyl sites for hydroxylation is 1. The third kappa shape index (κ3) is 3.30. The van der Waals surface area contributed by atoms with Gasteiger partial charge in [-0.05, 0) is 25.5 Å². The molecule has 1 atom stereocenters. The molecular formula is C12H18N2O2S. The lowest BCUT2D eigenvalue weighted by molar-refractivity contribution is -0.126. The zero-order valence-electron chi connectivity index (χ0n) is 10.4. The van der Waals surface area contributed by atoms with E-state index in [9.17, 15) is 9.00 Å². The van der Waals surface area contributed by atoms with Crippen LogP contribution in [0.15, 0.2) is 23.1 Å². The molecule has 0 spiro atoms. The van der Waals surface area contributed by atoms with Crippen molar-refractivity contribution in [1.82, 2.24) is 4.90 Å². The Morgan fingerprint density at radius 2 is 2.12 bits per heavy atom. The molecule has 0 aliphatic carbocycles. The Kier molecular flexibility index (Phi) is 4.69. The second kappa shape index (κ2) is 5.82. The van der Waals surface area contributed by atoms with E-state index in [1.807, 2.05) is 19.9 Å². The molecule has 1 unspecified atom stereocenters. The number of nitrogens with two attached hydrogens (primary N) is 1.